The van der Waals surface area contributed by atoms with Gasteiger partial charge in [-0.3, -0.25) is 14.9 Å². The fraction of sp³-hybridized carbons (Fsp3) is 0.304. The third-order valence-electron chi connectivity index (χ3n) is 4.22. The smallest absolute Gasteiger partial charge is 0.331 e. The third kappa shape index (κ3) is 7.80. The number of nitro benzene ring substituents is 1. The minimum absolute atomic E-state index is 0.0446. The van der Waals surface area contributed by atoms with Gasteiger partial charge in [0.1, 0.15) is 0 Å². The number of nitro groups is 1. The molecule has 176 valence electrons. The van der Waals surface area contributed by atoms with Gasteiger partial charge in [0.05, 0.1) is 28.8 Å². The van der Waals surface area contributed by atoms with E-state index in [1.54, 1.807) is 18.2 Å². The van der Waals surface area contributed by atoms with E-state index in [-0.39, 0.29) is 16.4 Å². The van der Waals surface area contributed by atoms with Crippen molar-refractivity contribution in [3.05, 3.63) is 63.2 Å². The van der Waals surface area contributed by atoms with Crippen LogP contribution in [0.1, 0.15) is 32.8 Å². The molecule has 10 heteroatoms. The highest BCUT2D eigenvalue weighted by atomic mass is 35.5. The summed E-state index contributed by atoms with van der Waals surface area (Å²) in [5.74, 6) is -0.256. The number of non-ortho nitro benzene ring substituents is 1. The van der Waals surface area contributed by atoms with Crippen molar-refractivity contribution >= 4 is 40.9 Å². The zero-order chi connectivity index (χ0) is 24.4. The fourth-order valence-electron chi connectivity index (χ4n) is 2.62. The summed E-state index contributed by atoms with van der Waals surface area (Å²) in [6.45, 7) is 6.25. The molecule has 0 fully saturated rings. The number of hydrogen-bond donors (Lipinski definition) is 1. The van der Waals surface area contributed by atoms with E-state index < -0.39 is 22.9 Å². The zero-order valence-electron chi connectivity index (χ0n) is 18.5. The highest BCUT2D eigenvalue weighted by Crippen LogP contribution is 2.29. The van der Waals surface area contributed by atoms with Gasteiger partial charge in [-0.15, -0.1) is 0 Å². The monoisotopic (exact) mass is 476 g/mol. The minimum atomic E-state index is -1.17. The van der Waals surface area contributed by atoms with E-state index in [4.69, 9.17) is 25.8 Å². The van der Waals surface area contributed by atoms with Crippen molar-refractivity contribution in [1.29, 1.82) is 0 Å². The van der Waals surface area contributed by atoms with Crippen LogP contribution in [0.5, 0.6) is 11.5 Å². The largest absolute Gasteiger partial charge is 0.490 e. The third-order valence-corrected chi connectivity index (χ3v) is 4.55. The van der Waals surface area contributed by atoms with Crippen LogP contribution in [0.25, 0.3) is 6.08 Å². The number of amides is 1. The maximum absolute atomic E-state index is 12.3. The number of esters is 1. The van der Waals surface area contributed by atoms with Gasteiger partial charge < -0.3 is 19.5 Å². The summed E-state index contributed by atoms with van der Waals surface area (Å²) in [4.78, 5) is 34.8. The fourth-order valence-corrected chi connectivity index (χ4v) is 2.78. The van der Waals surface area contributed by atoms with Crippen molar-refractivity contribution in [2.45, 2.75) is 33.3 Å². The minimum Gasteiger partial charge on any atom is -0.490 e. The van der Waals surface area contributed by atoms with E-state index in [0.29, 0.717) is 30.3 Å². The summed E-state index contributed by atoms with van der Waals surface area (Å²) in [7, 11) is 0. The SMILES string of the molecule is CCCOc1ccc(/C=C/C(=O)OC(C)C(=O)Nc2cc([N+](=O)[O-])ccc2Cl)cc1OCC. The molecule has 1 atom stereocenters. The number of carbonyl (C=O) groups excluding carboxylic acids is 2. The lowest BCUT2D eigenvalue weighted by Crippen LogP contribution is -2.29. The van der Waals surface area contributed by atoms with Gasteiger partial charge in [0, 0.05) is 18.2 Å². The summed E-state index contributed by atoms with van der Waals surface area (Å²) in [6.07, 6.45) is 2.40. The Morgan fingerprint density at radius 2 is 1.91 bits per heavy atom. The van der Waals surface area contributed by atoms with Gasteiger partial charge in [-0.2, -0.15) is 0 Å². The van der Waals surface area contributed by atoms with E-state index in [1.807, 2.05) is 13.8 Å². The molecule has 0 saturated heterocycles. The van der Waals surface area contributed by atoms with Crippen molar-refractivity contribution in [1.82, 2.24) is 0 Å². The first-order valence-electron chi connectivity index (χ1n) is 10.3. The highest BCUT2D eigenvalue weighted by Gasteiger charge is 2.19. The Labute approximate surface area is 196 Å². The maximum atomic E-state index is 12.3. The molecule has 0 spiro atoms. The van der Waals surface area contributed by atoms with E-state index >= 15 is 0 Å². The first kappa shape index (κ1) is 25.7. The molecular weight excluding hydrogens is 452 g/mol. The standard InChI is InChI=1S/C23H25ClN2O7/c1-4-12-32-20-10-6-16(13-21(20)31-5-2)7-11-22(27)33-15(3)23(28)25-19-14-17(26(29)30)8-9-18(19)24/h6-11,13-15H,4-5,12H2,1-3H3,(H,25,28)/b11-7+. The van der Waals surface area contributed by atoms with Crippen LogP contribution in [-0.4, -0.2) is 36.1 Å². The molecule has 33 heavy (non-hydrogen) atoms. The van der Waals surface area contributed by atoms with Crippen molar-refractivity contribution in [3.8, 4) is 11.5 Å². The lowest BCUT2D eigenvalue weighted by molar-refractivity contribution is -0.384. The molecule has 0 saturated carbocycles. The molecule has 0 bridgehead atoms. The van der Waals surface area contributed by atoms with Crippen LogP contribution in [0, 0.1) is 10.1 Å². The van der Waals surface area contributed by atoms with Crippen LogP contribution in [0.15, 0.2) is 42.5 Å². The quantitative estimate of drug-likeness (QED) is 0.209. The van der Waals surface area contributed by atoms with Crippen molar-refractivity contribution in [2.75, 3.05) is 18.5 Å². The van der Waals surface area contributed by atoms with Gasteiger partial charge in [-0.1, -0.05) is 24.6 Å². The average Bonchev–Trinajstić information content (AvgIpc) is 2.78. The summed E-state index contributed by atoms with van der Waals surface area (Å²) < 4.78 is 16.3. The molecule has 0 radical (unpaired) electrons. The predicted molar refractivity (Wildman–Crippen MR) is 125 cm³/mol. The maximum Gasteiger partial charge on any atom is 0.331 e. The number of hydrogen-bond acceptors (Lipinski definition) is 7. The van der Waals surface area contributed by atoms with Gasteiger partial charge in [0.2, 0.25) is 0 Å². The first-order valence-corrected chi connectivity index (χ1v) is 10.7. The van der Waals surface area contributed by atoms with Gasteiger partial charge in [0.15, 0.2) is 17.6 Å². The van der Waals surface area contributed by atoms with Crippen LogP contribution >= 0.6 is 11.6 Å². The van der Waals surface area contributed by atoms with Crippen molar-refractivity contribution in [3.63, 3.8) is 0 Å². The Balaban J connectivity index is 2.00. The molecule has 1 amide bonds. The van der Waals surface area contributed by atoms with E-state index in [9.17, 15) is 19.7 Å². The van der Waals surface area contributed by atoms with Crippen LogP contribution < -0.4 is 14.8 Å². The van der Waals surface area contributed by atoms with Crippen molar-refractivity contribution in [2.24, 2.45) is 0 Å². The Kier molecular flexibility index (Phi) is 9.68. The number of benzene rings is 2. The number of anilines is 1. The van der Waals surface area contributed by atoms with Crippen LogP contribution in [0.4, 0.5) is 11.4 Å². The molecule has 1 unspecified atom stereocenters. The number of nitrogens with one attached hydrogen (secondary N) is 1. The van der Waals surface area contributed by atoms with Gasteiger partial charge in [-0.05, 0) is 50.1 Å². The first-order chi connectivity index (χ1) is 15.7. The molecule has 0 aliphatic heterocycles. The van der Waals surface area contributed by atoms with Crippen LogP contribution in [0.3, 0.4) is 0 Å². The van der Waals surface area contributed by atoms with Crippen LogP contribution in [-0.2, 0) is 14.3 Å². The number of halogens is 1. The molecule has 0 aliphatic rings. The van der Waals surface area contributed by atoms with Gasteiger partial charge in [0.25, 0.3) is 11.6 Å². The Morgan fingerprint density at radius 1 is 1.15 bits per heavy atom. The molecule has 2 rings (SSSR count). The molecule has 0 aromatic heterocycles. The topological polar surface area (TPSA) is 117 Å². The molecule has 2 aromatic rings. The molecular formula is C23H25ClN2O7. The summed E-state index contributed by atoms with van der Waals surface area (Å²) in [5.41, 5.74) is 0.489. The molecule has 0 heterocycles. The van der Waals surface area contributed by atoms with Crippen molar-refractivity contribution < 1.29 is 28.7 Å². The Bertz CT molecular complexity index is 1040. The van der Waals surface area contributed by atoms with E-state index in [2.05, 4.69) is 5.32 Å². The lowest BCUT2D eigenvalue weighted by Gasteiger charge is -2.13. The number of carbonyl (C=O) groups is 2. The molecule has 1 N–H and O–H groups in total. The predicted octanol–water partition coefficient (Wildman–Crippen LogP) is 5.02. The Hall–Kier alpha value is -3.59. The number of ether oxygens (including phenoxy) is 3. The Morgan fingerprint density at radius 3 is 2.58 bits per heavy atom. The summed E-state index contributed by atoms with van der Waals surface area (Å²) >= 11 is 5.97. The van der Waals surface area contributed by atoms with E-state index in [0.717, 1.165) is 12.5 Å². The van der Waals surface area contributed by atoms with Gasteiger partial charge >= 0.3 is 5.97 Å². The second kappa shape index (κ2) is 12.4. The molecule has 2 aromatic carbocycles. The average molecular weight is 477 g/mol. The van der Waals surface area contributed by atoms with Crippen LogP contribution in [0.2, 0.25) is 5.02 Å². The second-order valence-corrected chi connectivity index (χ2v) is 7.22. The number of rotatable bonds is 11. The van der Waals surface area contributed by atoms with E-state index in [1.165, 1.54) is 31.2 Å². The second-order valence-electron chi connectivity index (χ2n) is 6.81. The molecule has 0 aliphatic carbocycles. The normalized spacial score (nSPS) is 11.6. The summed E-state index contributed by atoms with van der Waals surface area (Å²) in [6, 6.07) is 8.88. The zero-order valence-corrected chi connectivity index (χ0v) is 19.3. The summed E-state index contributed by atoms with van der Waals surface area (Å²) in [5, 5.41) is 13.4. The lowest BCUT2D eigenvalue weighted by atomic mass is 10.2. The van der Waals surface area contributed by atoms with Gasteiger partial charge in [-0.25, -0.2) is 4.79 Å². The molecule has 9 nitrogen and oxygen atoms in total. The number of nitrogens with zero attached hydrogens (tertiary/aromatic N) is 1. The highest BCUT2D eigenvalue weighted by molar-refractivity contribution is 6.33.